The first-order chi connectivity index (χ1) is 15.3. The molecule has 8 nitrogen and oxygen atoms in total. The van der Waals surface area contributed by atoms with Crippen molar-refractivity contribution >= 4 is 29.1 Å². The monoisotopic (exact) mass is 477 g/mol. The number of fused-ring (bicyclic) bond motifs is 4. The lowest BCUT2D eigenvalue weighted by atomic mass is 9.91. The Bertz CT molecular complexity index is 1240. The van der Waals surface area contributed by atoms with Gasteiger partial charge in [0.15, 0.2) is 11.6 Å². The van der Waals surface area contributed by atoms with Gasteiger partial charge in [0.2, 0.25) is 0 Å². The van der Waals surface area contributed by atoms with Gasteiger partial charge in [-0.1, -0.05) is 23.2 Å². The molecule has 2 aliphatic rings. The Balaban J connectivity index is 1.59. The fourth-order valence-electron chi connectivity index (χ4n) is 4.34. The average molecular weight is 478 g/mol. The first kappa shape index (κ1) is 21.1. The molecule has 0 saturated carbocycles. The SMILES string of the molecule is COc1ccnc(-c2nnc3n2C[C@]2(C)COC[C@H]3N2C(=O)c2ccc(F)c(Cl)c2Cl)c1. The topological polar surface area (TPSA) is 82.4 Å². The highest BCUT2D eigenvalue weighted by Gasteiger charge is 2.51. The van der Waals surface area contributed by atoms with Gasteiger partial charge in [-0.15, -0.1) is 10.2 Å². The normalized spacial score (nSPS) is 21.9. The molecule has 1 fully saturated rings. The van der Waals surface area contributed by atoms with Crippen molar-refractivity contribution in [1.29, 1.82) is 0 Å². The number of rotatable bonds is 3. The zero-order valence-corrected chi connectivity index (χ0v) is 18.7. The number of amides is 1. The highest BCUT2D eigenvalue weighted by atomic mass is 35.5. The van der Waals surface area contributed by atoms with Gasteiger partial charge in [-0.25, -0.2) is 4.39 Å². The zero-order valence-electron chi connectivity index (χ0n) is 17.2. The van der Waals surface area contributed by atoms with Crippen LogP contribution in [0.4, 0.5) is 4.39 Å². The van der Waals surface area contributed by atoms with E-state index in [4.69, 9.17) is 32.7 Å². The fraction of sp³-hybridized carbons (Fsp3) is 0.333. The molecule has 0 spiro atoms. The molecular weight excluding hydrogens is 460 g/mol. The summed E-state index contributed by atoms with van der Waals surface area (Å²) in [6.07, 6.45) is 1.64. The second-order valence-electron chi connectivity index (χ2n) is 7.97. The maximum Gasteiger partial charge on any atom is 0.256 e. The second kappa shape index (κ2) is 7.68. The number of morpholine rings is 1. The van der Waals surface area contributed by atoms with Crippen LogP contribution in [0.3, 0.4) is 0 Å². The van der Waals surface area contributed by atoms with Gasteiger partial charge < -0.3 is 18.9 Å². The Morgan fingerprint density at radius 1 is 1.28 bits per heavy atom. The molecule has 1 saturated heterocycles. The van der Waals surface area contributed by atoms with Crippen LogP contribution in [0.1, 0.15) is 29.1 Å². The van der Waals surface area contributed by atoms with Gasteiger partial charge in [-0.05, 0) is 25.1 Å². The van der Waals surface area contributed by atoms with Crippen LogP contribution in [0.25, 0.3) is 11.5 Å². The van der Waals surface area contributed by atoms with Gasteiger partial charge in [0.1, 0.15) is 23.3 Å². The van der Waals surface area contributed by atoms with E-state index in [1.165, 1.54) is 6.07 Å². The molecule has 4 heterocycles. The van der Waals surface area contributed by atoms with E-state index < -0.39 is 17.4 Å². The molecule has 166 valence electrons. The Morgan fingerprint density at radius 3 is 2.88 bits per heavy atom. The van der Waals surface area contributed by atoms with E-state index in [1.807, 2.05) is 11.5 Å². The Labute approximate surface area is 192 Å². The summed E-state index contributed by atoms with van der Waals surface area (Å²) < 4.78 is 26.9. The van der Waals surface area contributed by atoms with Crippen molar-refractivity contribution in [1.82, 2.24) is 24.6 Å². The first-order valence-electron chi connectivity index (χ1n) is 9.82. The molecule has 1 amide bonds. The second-order valence-corrected chi connectivity index (χ2v) is 8.73. The molecule has 0 unspecified atom stereocenters. The zero-order chi connectivity index (χ0) is 22.6. The molecule has 2 bridgehead atoms. The molecular formula is C21H18Cl2FN5O3. The predicted octanol–water partition coefficient (Wildman–Crippen LogP) is 3.78. The van der Waals surface area contributed by atoms with Crippen LogP contribution in [-0.2, 0) is 11.3 Å². The minimum absolute atomic E-state index is 0.118. The lowest BCUT2D eigenvalue weighted by Gasteiger charge is -2.52. The third kappa shape index (κ3) is 3.15. The van der Waals surface area contributed by atoms with Crippen molar-refractivity contribution in [2.75, 3.05) is 20.3 Å². The number of aromatic nitrogens is 4. The lowest BCUT2D eigenvalue weighted by Crippen LogP contribution is -2.63. The molecule has 11 heteroatoms. The summed E-state index contributed by atoms with van der Waals surface area (Å²) in [6.45, 7) is 2.82. The molecule has 3 aromatic rings. The molecule has 0 aliphatic carbocycles. The van der Waals surface area contributed by atoms with Crippen LogP contribution in [0.15, 0.2) is 30.5 Å². The number of nitrogens with zero attached hydrogens (tertiary/aromatic N) is 5. The van der Waals surface area contributed by atoms with E-state index >= 15 is 0 Å². The standard InChI is InChI=1S/C21H18Cl2FN5O3/c1-21-9-28-18(14-7-11(31-2)5-6-25-14)26-27-19(28)15(8-32-10-21)29(21)20(30)12-3-4-13(24)17(23)16(12)22/h3-7,15H,8-10H2,1-2H3/t15-,21-/m1/s1. The van der Waals surface area contributed by atoms with Crippen molar-refractivity contribution in [3.63, 3.8) is 0 Å². The Hall–Kier alpha value is -2.75. The van der Waals surface area contributed by atoms with Gasteiger partial charge in [0.25, 0.3) is 5.91 Å². The molecule has 1 aromatic carbocycles. The largest absolute Gasteiger partial charge is 0.497 e. The number of hydrogen-bond acceptors (Lipinski definition) is 6. The van der Waals surface area contributed by atoms with Gasteiger partial charge in [0.05, 0.1) is 48.0 Å². The summed E-state index contributed by atoms with van der Waals surface area (Å²) in [5.41, 5.74) is 0.00498. The minimum Gasteiger partial charge on any atom is -0.497 e. The van der Waals surface area contributed by atoms with Crippen LogP contribution < -0.4 is 4.74 Å². The van der Waals surface area contributed by atoms with Gasteiger partial charge in [-0.3, -0.25) is 9.78 Å². The molecule has 2 atom stereocenters. The number of carbonyl (C=O) groups is 1. The summed E-state index contributed by atoms with van der Waals surface area (Å²) in [5.74, 6) is 0.740. The quantitative estimate of drug-likeness (QED) is 0.533. The number of halogens is 3. The number of pyridine rings is 1. The highest BCUT2D eigenvalue weighted by molar-refractivity contribution is 6.44. The first-order valence-corrected chi connectivity index (χ1v) is 10.6. The molecule has 32 heavy (non-hydrogen) atoms. The number of hydrogen-bond donors (Lipinski definition) is 0. The predicted molar refractivity (Wildman–Crippen MR) is 114 cm³/mol. The van der Waals surface area contributed by atoms with Crippen molar-refractivity contribution in [2.24, 2.45) is 0 Å². The van der Waals surface area contributed by atoms with Crippen LogP contribution in [0.5, 0.6) is 5.75 Å². The smallest absolute Gasteiger partial charge is 0.256 e. The summed E-state index contributed by atoms with van der Waals surface area (Å²) in [5, 5.41) is 8.31. The van der Waals surface area contributed by atoms with E-state index in [-0.39, 0.29) is 28.1 Å². The molecule has 0 radical (unpaired) electrons. The molecule has 5 rings (SSSR count). The van der Waals surface area contributed by atoms with Crippen molar-refractivity contribution in [3.8, 4) is 17.3 Å². The summed E-state index contributed by atoms with van der Waals surface area (Å²) >= 11 is 12.2. The third-order valence-corrected chi connectivity index (χ3v) is 6.70. The van der Waals surface area contributed by atoms with E-state index in [1.54, 1.807) is 30.3 Å². The number of carbonyl (C=O) groups excluding carboxylic acids is 1. The number of benzene rings is 1. The van der Waals surface area contributed by atoms with Gasteiger partial charge >= 0.3 is 0 Å². The van der Waals surface area contributed by atoms with Crippen molar-refractivity contribution in [3.05, 3.63) is 57.7 Å². The summed E-state index contributed by atoms with van der Waals surface area (Å²) in [7, 11) is 1.58. The molecule has 2 aromatic heterocycles. The highest BCUT2D eigenvalue weighted by Crippen LogP contribution is 2.42. The van der Waals surface area contributed by atoms with Crippen molar-refractivity contribution < 1.29 is 18.7 Å². The summed E-state index contributed by atoms with van der Waals surface area (Å²) in [6, 6.07) is 5.50. The maximum absolute atomic E-state index is 13.8. The van der Waals surface area contributed by atoms with E-state index in [2.05, 4.69) is 15.2 Å². The number of methoxy groups -OCH3 is 1. The van der Waals surface area contributed by atoms with Gasteiger partial charge in [-0.2, -0.15) is 0 Å². The van der Waals surface area contributed by atoms with Crippen LogP contribution in [0, 0.1) is 5.82 Å². The number of ether oxygens (including phenoxy) is 2. The van der Waals surface area contributed by atoms with E-state index in [9.17, 15) is 9.18 Å². The van der Waals surface area contributed by atoms with Crippen LogP contribution in [-0.4, -0.2) is 56.4 Å². The van der Waals surface area contributed by atoms with Crippen LogP contribution >= 0.6 is 23.2 Å². The van der Waals surface area contributed by atoms with Crippen LogP contribution in [0.2, 0.25) is 10.0 Å². The van der Waals surface area contributed by atoms with E-state index in [0.717, 1.165) is 6.07 Å². The Morgan fingerprint density at radius 2 is 2.09 bits per heavy atom. The average Bonchev–Trinajstić information content (AvgIpc) is 3.19. The third-order valence-electron chi connectivity index (χ3n) is 5.84. The lowest BCUT2D eigenvalue weighted by molar-refractivity contribution is -0.102. The van der Waals surface area contributed by atoms with Gasteiger partial charge in [0, 0.05) is 12.3 Å². The summed E-state index contributed by atoms with van der Waals surface area (Å²) in [4.78, 5) is 19.7. The maximum atomic E-state index is 13.8. The van der Waals surface area contributed by atoms with Crippen molar-refractivity contribution in [2.45, 2.75) is 25.0 Å². The molecule has 2 aliphatic heterocycles. The van der Waals surface area contributed by atoms with E-state index in [0.29, 0.717) is 36.2 Å². The fourth-order valence-corrected chi connectivity index (χ4v) is 4.74. The minimum atomic E-state index is -0.729. The Kier molecular flexibility index (Phi) is 5.07. The molecule has 0 N–H and O–H groups in total.